The average molecular weight is 382 g/mol. The summed E-state index contributed by atoms with van der Waals surface area (Å²) in [5.41, 5.74) is 1.80. The standard InChI is InChI=1S/C18H14Cl2FNO3/c1-11-13(19)3-2-4-16(11)22-17(23)10-25-18(24)8-6-12-5-7-15(21)14(20)9-12/h2-9H,10H2,1H3,(H,22,23)/b8-6+. The molecule has 0 aliphatic carbocycles. The molecule has 130 valence electrons. The number of hydrogen-bond acceptors (Lipinski definition) is 3. The van der Waals surface area contributed by atoms with Gasteiger partial charge in [-0.3, -0.25) is 4.79 Å². The van der Waals surface area contributed by atoms with Crippen LogP contribution in [0.4, 0.5) is 10.1 Å². The van der Waals surface area contributed by atoms with Gasteiger partial charge in [-0.05, 0) is 48.4 Å². The predicted octanol–water partition coefficient (Wildman–Crippen LogP) is 4.64. The fraction of sp³-hybridized carbons (Fsp3) is 0.111. The Morgan fingerprint density at radius 1 is 1.20 bits per heavy atom. The summed E-state index contributed by atoms with van der Waals surface area (Å²) in [6, 6.07) is 9.12. The Balaban J connectivity index is 1.86. The molecule has 0 aliphatic heterocycles. The van der Waals surface area contributed by atoms with Gasteiger partial charge in [0.25, 0.3) is 5.91 Å². The third-order valence-electron chi connectivity index (χ3n) is 3.24. The van der Waals surface area contributed by atoms with Crippen molar-refractivity contribution in [3.63, 3.8) is 0 Å². The number of benzene rings is 2. The van der Waals surface area contributed by atoms with Gasteiger partial charge in [-0.2, -0.15) is 0 Å². The zero-order valence-corrected chi connectivity index (χ0v) is 14.7. The lowest BCUT2D eigenvalue weighted by molar-refractivity contribution is -0.142. The van der Waals surface area contributed by atoms with Crippen LogP contribution in [-0.4, -0.2) is 18.5 Å². The molecule has 0 saturated carbocycles. The summed E-state index contributed by atoms with van der Waals surface area (Å²) in [6.07, 6.45) is 2.54. The van der Waals surface area contributed by atoms with Crippen LogP contribution in [0.25, 0.3) is 6.08 Å². The second-order valence-corrected chi connectivity index (χ2v) is 5.89. The van der Waals surface area contributed by atoms with Crippen molar-refractivity contribution in [2.75, 3.05) is 11.9 Å². The third-order valence-corrected chi connectivity index (χ3v) is 3.94. The smallest absolute Gasteiger partial charge is 0.331 e. The molecular weight excluding hydrogens is 368 g/mol. The van der Waals surface area contributed by atoms with Crippen molar-refractivity contribution in [1.29, 1.82) is 0 Å². The van der Waals surface area contributed by atoms with Gasteiger partial charge >= 0.3 is 5.97 Å². The summed E-state index contributed by atoms with van der Waals surface area (Å²) in [5.74, 6) is -1.75. The first-order chi connectivity index (χ1) is 11.9. The van der Waals surface area contributed by atoms with E-state index < -0.39 is 24.3 Å². The van der Waals surface area contributed by atoms with Crippen LogP contribution in [0.5, 0.6) is 0 Å². The maximum atomic E-state index is 13.0. The number of esters is 1. The first kappa shape index (κ1) is 19.0. The highest BCUT2D eigenvalue weighted by Gasteiger charge is 2.09. The highest BCUT2D eigenvalue weighted by atomic mass is 35.5. The minimum Gasteiger partial charge on any atom is -0.452 e. The molecule has 1 amide bonds. The molecule has 0 spiro atoms. The number of ether oxygens (including phenoxy) is 1. The van der Waals surface area contributed by atoms with Gasteiger partial charge in [0, 0.05) is 16.8 Å². The van der Waals surface area contributed by atoms with E-state index in [1.807, 2.05) is 0 Å². The molecule has 0 aliphatic rings. The van der Waals surface area contributed by atoms with Gasteiger partial charge in [-0.25, -0.2) is 9.18 Å². The van der Waals surface area contributed by atoms with E-state index in [0.29, 0.717) is 16.3 Å². The largest absolute Gasteiger partial charge is 0.452 e. The number of carbonyl (C=O) groups excluding carboxylic acids is 2. The maximum Gasteiger partial charge on any atom is 0.331 e. The summed E-state index contributed by atoms with van der Waals surface area (Å²) < 4.78 is 17.9. The Hall–Kier alpha value is -2.37. The fourth-order valence-corrected chi connectivity index (χ4v) is 2.26. The molecule has 2 aromatic carbocycles. The van der Waals surface area contributed by atoms with Gasteiger partial charge in [0.15, 0.2) is 6.61 Å². The van der Waals surface area contributed by atoms with E-state index >= 15 is 0 Å². The second-order valence-electron chi connectivity index (χ2n) is 5.08. The molecule has 0 heterocycles. The highest BCUT2D eigenvalue weighted by molar-refractivity contribution is 6.31. The van der Waals surface area contributed by atoms with E-state index in [0.717, 1.165) is 11.6 Å². The van der Waals surface area contributed by atoms with Crippen molar-refractivity contribution in [2.45, 2.75) is 6.92 Å². The third kappa shape index (κ3) is 5.59. The molecule has 0 saturated heterocycles. The molecule has 2 rings (SSSR count). The van der Waals surface area contributed by atoms with Crippen LogP contribution in [0.1, 0.15) is 11.1 Å². The van der Waals surface area contributed by atoms with E-state index in [9.17, 15) is 14.0 Å². The average Bonchev–Trinajstić information content (AvgIpc) is 2.58. The summed E-state index contributed by atoms with van der Waals surface area (Å²) >= 11 is 11.6. The molecule has 0 fully saturated rings. The SMILES string of the molecule is Cc1c(Cl)cccc1NC(=O)COC(=O)/C=C/c1ccc(F)c(Cl)c1. The lowest BCUT2D eigenvalue weighted by atomic mass is 10.2. The van der Waals surface area contributed by atoms with Crippen molar-refractivity contribution in [2.24, 2.45) is 0 Å². The Labute approximate surface area is 154 Å². The van der Waals surface area contributed by atoms with Crippen molar-refractivity contribution in [3.05, 3.63) is 69.5 Å². The Kier molecular flexibility index (Phi) is 6.56. The van der Waals surface area contributed by atoms with Gasteiger partial charge in [-0.1, -0.05) is 35.3 Å². The number of carbonyl (C=O) groups is 2. The summed E-state index contributed by atoms with van der Waals surface area (Å²) in [4.78, 5) is 23.5. The van der Waals surface area contributed by atoms with Crippen LogP contribution in [0.2, 0.25) is 10.0 Å². The Morgan fingerprint density at radius 3 is 2.68 bits per heavy atom. The number of amides is 1. The quantitative estimate of drug-likeness (QED) is 0.606. The lowest BCUT2D eigenvalue weighted by Gasteiger charge is -2.09. The zero-order chi connectivity index (χ0) is 18.4. The van der Waals surface area contributed by atoms with Gasteiger partial charge in [0.05, 0.1) is 5.02 Å². The van der Waals surface area contributed by atoms with Crippen LogP contribution in [-0.2, 0) is 14.3 Å². The van der Waals surface area contributed by atoms with E-state index in [1.165, 1.54) is 24.3 Å². The number of halogens is 3. The van der Waals surface area contributed by atoms with Crippen molar-refractivity contribution in [1.82, 2.24) is 0 Å². The van der Waals surface area contributed by atoms with Crippen LogP contribution in [0.3, 0.4) is 0 Å². The molecule has 0 bridgehead atoms. The fourth-order valence-electron chi connectivity index (χ4n) is 1.89. The van der Waals surface area contributed by atoms with E-state index in [1.54, 1.807) is 25.1 Å². The summed E-state index contributed by atoms with van der Waals surface area (Å²) in [7, 11) is 0. The van der Waals surface area contributed by atoms with Crippen molar-refractivity contribution < 1.29 is 18.7 Å². The topological polar surface area (TPSA) is 55.4 Å². The lowest BCUT2D eigenvalue weighted by Crippen LogP contribution is -2.20. The second kappa shape index (κ2) is 8.65. The van der Waals surface area contributed by atoms with Gasteiger partial charge in [0.2, 0.25) is 0 Å². The number of rotatable bonds is 5. The molecule has 4 nitrogen and oxygen atoms in total. The molecule has 0 atom stereocenters. The van der Waals surface area contributed by atoms with Crippen LogP contribution < -0.4 is 5.32 Å². The van der Waals surface area contributed by atoms with Crippen molar-refractivity contribution in [3.8, 4) is 0 Å². The normalized spacial score (nSPS) is 10.7. The number of hydrogen-bond donors (Lipinski definition) is 1. The maximum absolute atomic E-state index is 13.0. The van der Waals surface area contributed by atoms with Crippen molar-refractivity contribution >= 4 is 46.8 Å². The molecule has 0 unspecified atom stereocenters. The van der Waals surface area contributed by atoms with Gasteiger partial charge in [-0.15, -0.1) is 0 Å². The number of anilines is 1. The first-order valence-corrected chi connectivity index (χ1v) is 7.97. The first-order valence-electron chi connectivity index (χ1n) is 7.21. The molecule has 25 heavy (non-hydrogen) atoms. The Bertz CT molecular complexity index is 837. The van der Waals surface area contributed by atoms with Crippen LogP contribution in [0, 0.1) is 12.7 Å². The van der Waals surface area contributed by atoms with Gasteiger partial charge < -0.3 is 10.1 Å². The van der Waals surface area contributed by atoms with Crippen LogP contribution >= 0.6 is 23.2 Å². The molecular formula is C18H14Cl2FNO3. The molecule has 2 aromatic rings. The van der Waals surface area contributed by atoms with E-state index in [2.05, 4.69) is 5.32 Å². The zero-order valence-electron chi connectivity index (χ0n) is 13.2. The monoisotopic (exact) mass is 381 g/mol. The van der Waals surface area contributed by atoms with E-state index in [4.69, 9.17) is 27.9 Å². The molecule has 0 radical (unpaired) electrons. The Morgan fingerprint density at radius 2 is 1.96 bits per heavy atom. The molecule has 7 heteroatoms. The van der Waals surface area contributed by atoms with Gasteiger partial charge in [0.1, 0.15) is 5.82 Å². The minimum atomic E-state index is -0.710. The van der Waals surface area contributed by atoms with Crippen LogP contribution in [0.15, 0.2) is 42.5 Å². The molecule has 1 N–H and O–H groups in total. The highest BCUT2D eigenvalue weighted by Crippen LogP contribution is 2.22. The van der Waals surface area contributed by atoms with E-state index in [-0.39, 0.29) is 5.02 Å². The molecule has 0 aromatic heterocycles. The predicted molar refractivity (Wildman–Crippen MR) is 96.2 cm³/mol. The number of nitrogens with one attached hydrogen (secondary N) is 1. The summed E-state index contributed by atoms with van der Waals surface area (Å²) in [5, 5.41) is 3.08. The minimum absolute atomic E-state index is 0.0493. The summed E-state index contributed by atoms with van der Waals surface area (Å²) in [6.45, 7) is 1.32.